The Morgan fingerprint density at radius 3 is 2.13 bits per heavy atom. The highest BCUT2D eigenvalue weighted by Gasteiger charge is 2.30. The van der Waals surface area contributed by atoms with E-state index < -0.39 is 100 Å². The van der Waals surface area contributed by atoms with Crippen LogP contribution in [0.4, 0.5) is 5.69 Å². The van der Waals surface area contributed by atoms with Crippen molar-refractivity contribution in [1.29, 1.82) is 0 Å². The molecule has 18 heteroatoms. The minimum absolute atomic E-state index is 0.0267. The molecule has 0 spiro atoms. The molecule has 1 heterocycles. The monoisotopic (exact) mass is 743 g/mol. The number of ether oxygens (including phenoxy) is 1. The SMILES string of the molecule is Cc1ccc([N+](=O)[O-])cc1S(=O)(=O)N1C=CC=C(OC(=O)c2cc(O)c(C(=O)c3c(O)cccc3C(=O)O)c(O)c2)C(NC(=O)c2ccc(O)cc2)=C1. The summed E-state index contributed by atoms with van der Waals surface area (Å²) >= 11 is 0. The van der Waals surface area contributed by atoms with E-state index in [9.17, 15) is 63.2 Å². The number of esters is 1. The topological polar surface area (TPSA) is 271 Å². The number of allylic oxidation sites excluding steroid dienone is 2. The quantitative estimate of drug-likeness (QED) is 0.0576. The van der Waals surface area contributed by atoms with Gasteiger partial charge in [-0.2, -0.15) is 0 Å². The van der Waals surface area contributed by atoms with E-state index in [0.29, 0.717) is 16.4 Å². The molecule has 6 N–H and O–H groups in total. The number of aryl methyl sites for hydroxylation is 1. The molecule has 0 saturated carbocycles. The maximum atomic E-state index is 13.8. The van der Waals surface area contributed by atoms with E-state index in [1.807, 2.05) is 0 Å². The summed E-state index contributed by atoms with van der Waals surface area (Å²) < 4.78 is 33.6. The van der Waals surface area contributed by atoms with Crippen LogP contribution in [0.3, 0.4) is 0 Å². The molecule has 5 rings (SSSR count). The molecule has 1 aliphatic rings. The first-order chi connectivity index (χ1) is 25.0. The van der Waals surface area contributed by atoms with Gasteiger partial charge in [-0.3, -0.25) is 19.7 Å². The third-order valence-corrected chi connectivity index (χ3v) is 9.36. The Labute approximate surface area is 298 Å². The predicted molar refractivity (Wildman–Crippen MR) is 181 cm³/mol. The number of rotatable bonds is 10. The van der Waals surface area contributed by atoms with Crippen molar-refractivity contribution >= 4 is 39.3 Å². The highest BCUT2D eigenvalue weighted by atomic mass is 32.2. The number of nitrogens with zero attached hydrogens (tertiary/aromatic N) is 2. The number of phenolic OH excluding ortho intramolecular Hbond substituents is 4. The van der Waals surface area contributed by atoms with Crippen molar-refractivity contribution in [3.63, 3.8) is 0 Å². The summed E-state index contributed by atoms with van der Waals surface area (Å²) in [5.74, 6) is -8.54. The average Bonchev–Trinajstić information content (AvgIpc) is 3.30. The number of nitro groups is 1. The molecule has 4 aromatic rings. The highest BCUT2D eigenvalue weighted by Crippen LogP contribution is 2.35. The normalized spacial score (nSPS) is 12.6. The number of nitrogens with one attached hydrogen (secondary N) is 1. The number of carboxylic acids is 1. The van der Waals surface area contributed by atoms with Gasteiger partial charge in [0.25, 0.3) is 21.6 Å². The average molecular weight is 744 g/mol. The molecule has 1 amide bonds. The number of hydrogen-bond acceptors (Lipinski definition) is 13. The zero-order valence-corrected chi connectivity index (χ0v) is 27.8. The van der Waals surface area contributed by atoms with E-state index in [0.717, 1.165) is 54.9 Å². The van der Waals surface area contributed by atoms with E-state index in [1.165, 1.54) is 37.3 Å². The van der Waals surface area contributed by atoms with Crippen LogP contribution in [0.25, 0.3) is 0 Å². The molecule has 17 nitrogen and oxygen atoms in total. The molecular weight excluding hydrogens is 718 g/mol. The summed E-state index contributed by atoms with van der Waals surface area (Å²) in [6.45, 7) is 1.40. The van der Waals surface area contributed by atoms with Crippen molar-refractivity contribution < 1.29 is 62.8 Å². The Morgan fingerprint density at radius 1 is 0.849 bits per heavy atom. The van der Waals surface area contributed by atoms with Crippen molar-refractivity contribution in [3.05, 3.63) is 152 Å². The van der Waals surface area contributed by atoms with Crippen molar-refractivity contribution in [3.8, 4) is 23.0 Å². The molecule has 0 aromatic heterocycles. The lowest BCUT2D eigenvalue weighted by Gasteiger charge is -2.19. The van der Waals surface area contributed by atoms with Crippen LogP contribution >= 0.6 is 0 Å². The van der Waals surface area contributed by atoms with Gasteiger partial charge >= 0.3 is 11.9 Å². The van der Waals surface area contributed by atoms with Gasteiger partial charge in [-0.25, -0.2) is 22.3 Å². The minimum Gasteiger partial charge on any atom is -0.508 e. The molecule has 0 fully saturated rings. The number of sulfonamides is 1. The van der Waals surface area contributed by atoms with Crippen LogP contribution in [0, 0.1) is 17.0 Å². The summed E-state index contributed by atoms with van der Waals surface area (Å²) in [7, 11) is -4.62. The van der Waals surface area contributed by atoms with E-state index in [1.54, 1.807) is 0 Å². The number of carbonyl (C=O) groups is 4. The van der Waals surface area contributed by atoms with E-state index in [2.05, 4.69) is 5.32 Å². The van der Waals surface area contributed by atoms with Crippen molar-refractivity contribution in [2.75, 3.05) is 0 Å². The molecule has 0 unspecified atom stereocenters. The van der Waals surface area contributed by atoms with Gasteiger partial charge in [0, 0.05) is 30.1 Å². The number of nitro benzene ring substituents is 1. The highest BCUT2D eigenvalue weighted by molar-refractivity contribution is 7.89. The zero-order valence-electron chi connectivity index (χ0n) is 27.0. The second-order valence-electron chi connectivity index (χ2n) is 11.1. The van der Waals surface area contributed by atoms with Gasteiger partial charge in [-0.05, 0) is 73.2 Å². The Kier molecular flexibility index (Phi) is 10.0. The number of carbonyl (C=O) groups excluding carboxylic acids is 3. The molecular formula is C35H25N3O14S. The van der Waals surface area contributed by atoms with Crippen LogP contribution < -0.4 is 5.32 Å². The Bertz CT molecular complexity index is 2410. The number of carboxylic acid groups (broad SMARTS) is 1. The van der Waals surface area contributed by atoms with Crippen molar-refractivity contribution in [1.82, 2.24) is 9.62 Å². The lowest BCUT2D eigenvalue weighted by atomic mass is 9.95. The molecule has 1 aliphatic heterocycles. The van der Waals surface area contributed by atoms with Gasteiger partial charge in [0.05, 0.1) is 26.5 Å². The second-order valence-corrected chi connectivity index (χ2v) is 12.9. The lowest BCUT2D eigenvalue weighted by Crippen LogP contribution is -2.28. The molecule has 4 aromatic carbocycles. The standard InChI is InChI=1S/C35H25N3O14S/c1-18-7-10-21(38(48)49)16-29(18)53(50,51)37-13-3-6-28(24(17-37)36-33(44)19-8-11-22(39)12-9-19)52-35(47)20-14-26(41)31(27(42)15-20)32(43)30-23(34(45)46)4-2-5-25(30)40/h2-17,39-42H,1H3,(H,36,44)(H,45,46). The Hall–Kier alpha value is -7.47. The first-order valence-corrected chi connectivity index (χ1v) is 16.3. The van der Waals surface area contributed by atoms with Crippen LogP contribution in [-0.2, 0) is 14.8 Å². The van der Waals surface area contributed by atoms with E-state index >= 15 is 0 Å². The number of aromatic carboxylic acids is 1. The third-order valence-electron chi connectivity index (χ3n) is 7.58. The number of amides is 1. The first-order valence-electron chi connectivity index (χ1n) is 14.9. The van der Waals surface area contributed by atoms with Crippen LogP contribution in [0.15, 0.2) is 114 Å². The third kappa shape index (κ3) is 7.51. The van der Waals surface area contributed by atoms with Crippen LogP contribution in [0.5, 0.6) is 23.0 Å². The summed E-state index contributed by atoms with van der Waals surface area (Å²) in [4.78, 5) is 61.6. The zero-order chi connectivity index (χ0) is 38.8. The Balaban J connectivity index is 1.52. The molecule has 0 saturated heterocycles. The number of benzene rings is 4. The van der Waals surface area contributed by atoms with Gasteiger partial charge in [-0.1, -0.05) is 12.1 Å². The van der Waals surface area contributed by atoms with Gasteiger partial charge in [0.1, 0.15) is 34.3 Å². The maximum absolute atomic E-state index is 13.8. The van der Waals surface area contributed by atoms with E-state index in [-0.39, 0.29) is 16.9 Å². The second kappa shape index (κ2) is 14.4. The van der Waals surface area contributed by atoms with Gasteiger partial charge in [0.15, 0.2) is 5.76 Å². The minimum atomic E-state index is -4.62. The van der Waals surface area contributed by atoms with Gasteiger partial charge in [0.2, 0.25) is 5.78 Å². The maximum Gasteiger partial charge on any atom is 0.343 e. The number of phenols is 4. The summed E-state index contributed by atoms with van der Waals surface area (Å²) in [6, 6.07) is 12.6. The molecule has 270 valence electrons. The molecule has 0 aliphatic carbocycles. The van der Waals surface area contributed by atoms with Crippen molar-refractivity contribution in [2.45, 2.75) is 11.8 Å². The van der Waals surface area contributed by atoms with Gasteiger partial charge in [-0.15, -0.1) is 0 Å². The summed E-state index contributed by atoms with van der Waals surface area (Å²) in [6.07, 6.45) is 4.01. The number of aromatic hydroxyl groups is 4. The summed E-state index contributed by atoms with van der Waals surface area (Å²) in [5.41, 5.74) is -3.70. The Morgan fingerprint density at radius 2 is 1.51 bits per heavy atom. The van der Waals surface area contributed by atoms with Crippen molar-refractivity contribution in [2.24, 2.45) is 0 Å². The largest absolute Gasteiger partial charge is 0.508 e. The predicted octanol–water partition coefficient (Wildman–Crippen LogP) is 4.19. The molecule has 0 atom stereocenters. The fraction of sp³-hybridized carbons (Fsp3) is 0.0286. The number of hydrogen-bond donors (Lipinski definition) is 6. The van der Waals surface area contributed by atoms with Crippen LogP contribution in [-0.4, -0.2) is 66.8 Å². The number of ketones is 1. The summed E-state index contributed by atoms with van der Waals surface area (Å²) in [5, 5.41) is 64.5. The fourth-order valence-corrected chi connectivity index (χ4v) is 6.42. The smallest absolute Gasteiger partial charge is 0.343 e. The number of non-ortho nitro benzene ring substituents is 1. The lowest BCUT2D eigenvalue weighted by molar-refractivity contribution is -0.385. The molecule has 0 radical (unpaired) electrons. The fourth-order valence-electron chi connectivity index (χ4n) is 4.98. The van der Waals surface area contributed by atoms with Gasteiger partial charge < -0.3 is 35.6 Å². The van der Waals surface area contributed by atoms with Crippen LogP contribution in [0.2, 0.25) is 0 Å². The first kappa shape index (κ1) is 36.8. The molecule has 0 bridgehead atoms. The van der Waals surface area contributed by atoms with E-state index in [4.69, 9.17) is 4.74 Å². The van der Waals surface area contributed by atoms with Crippen LogP contribution in [0.1, 0.15) is 52.6 Å². The molecule has 53 heavy (non-hydrogen) atoms.